The second-order valence-corrected chi connectivity index (χ2v) is 2.62. The average molecular weight is 188 g/mol. The molecule has 0 aromatic heterocycles. The number of ether oxygens (including phenoxy) is 1. The smallest absolute Gasteiger partial charge is 0.405 e. The molecule has 6 heteroatoms. The van der Waals surface area contributed by atoms with Gasteiger partial charge < -0.3 is 15.6 Å². The van der Waals surface area contributed by atoms with E-state index in [1.54, 1.807) is 13.8 Å². The van der Waals surface area contributed by atoms with E-state index in [-0.39, 0.29) is 12.9 Å². The predicted molar refractivity (Wildman–Crippen MR) is 43.7 cm³/mol. The van der Waals surface area contributed by atoms with Crippen molar-refractivity contribution in [2.24, 2.45) is 5.73 Å². The summed E-state index contributed by atoms with van der Waals surface area (Å²) in [4.78, 5) is 18.5. The van der Waals surface area contributed by atoms with Gasteiger partial charge in [0, 0.05) is 0 Å². The van der Waals surface area contributed by atoms with Crippen LogP contribution in [-0.4, -0.2) is 23.3 Å². The van der Waals surface area contributed by atoms with E-state index in [0.29, 0.717) is 0 Å². The molecule has 0 spiro atoms. The van der Waals surface area contributed by atoms with Crippen LogP contribution in [0.2, 0.25) is 0 Å². The van der Waals surface area contributed by atoms with Gasteiger partial charge in [0.15, 0.2) is 0 Å². The van der Waals surface area contributed by atoms with Crippen LogP contribution < -0.4 is 5.73 Å². The molecule has 0 aliphatic heterocycles. The van der Waals surface area contributed by atoms with Gasteiger partial charge in [-0.1, -0.05) is 0 Å². The molecule has 0 aromatic rings. The number of nitriles is 1. The van der Waals surface area contributed by atoms with Gasteiger partial charge in [-0.3, -0.25) is 4.79 Å². The molecule has 0 radical (unpaired) electrons. The fourth-order valence-corrected chi connectivity index (χ4v) is 0.499. The van der Waals surface area contributed by atoms with Crippen LogP contribution in [0.4, 0.5) is 4.79 Å². The number of primary amides is 1. The van der Waals surface area contributed by atoms with E-state index in [9.17, 15) is 4.79 Å². The van der Waals surface area contributed by atoms with E-state index in [2.05, 4.69) is 4.74 Å². The van der Waals surface area contributed by atoms with E-state index < -0.39 is 11.7 Å². The fourth-order valence-electron chi connectivity index (χ4n) is 0.499. The monoisotopic (exact) mass is 188 g/mol. The molecule has 0 saturated heterocycles. The van der Waals surface area contributed by atoms with Gasteiger partial charge in [-0.05, 0) is 13.8 Å². The zero-order valence-electron chi connectivity index (χ0n) is 7.48. The molecule has 3 N–H and O–H groups in total. The highest BCUT2D eigenvalue weighted by Crippen LogP contribution is 2.12. The van der Waals surface area contributed by atoms with Crippen molar-refractivity contribution in [2.45, 2.75) is 25.9 Å². The molecule has 0 rings (SSSR count). The topological polar surface area (TPSA) is 113 Å². The molecular formula is C7H12N2O4. The van der Waals surface area contributed by atoms with Crippen molar-refractivity contribution >= 4 is 12.6 Å². The number of carboxylic acid groups (broad SMARTS) is 1. The summed E-state index contributed by atoms with van der Waals surface area (Å²) in [6.45, 7) is 3.00. The van der Waals surface area contributed by atoms with E-state index in [1.165, 1.54) is 0 Å². The first kappa shape index (κ1) is 13.8. The van der Waals surface area contributed by atoms with Crippen LogP contribution in [-0.2, 0) is 9.53 Å². The summed E-state index contributed by atoms with van der Waals surface area (Å²) >= 11 is 0. The normalized spacial score (nSPS) is 8.69. The summed E-state index contributed by atoms with van der Waals surface area (Å²) in [5, 5.41) is 15.1. The second kappa shape index (κ2) is 6.91. The lowest BCUT2D eigenvalue weighted by Crippen LogP contribution is -2.30. The van der Waals surface area contributed by atoms with Crippen molar-refractivity contribution < 1.29 is 19.4 Å². The van der Waals surface area contributed by atoms with Gasteiger partial charge in [-0.2, -0.15) is 5.26 Å². The van der Waals surface area contributed by atoms with Crippen LogP contribution in [0, 0.1) is 11.3 Å². The minimum atomic E-state index is -0.847. The molecule has 0 aliphatic carbocycles. The molecule has 0 aromatic carbocycles. The van der Waals surface area contributed by atoms with Gasteiger partial charge in [0.2, 0.25) is 0 Å². The van der Waals surface area contributed by atoms with E-state index in [1.807, 2.05) is 6.07 Å². The quantitative estimate of drug-likeness (QED) is 0.611. The number of nitrogens with zero attached hydrogens (tertiary/aromatic N) is 1. The first-order valence-corrected chi connectivity index (χ1v) is 3.33. The van der Waals surface area contributed by atoms with Crippen LogP contribution >= 0.6 is 0 Å². The molecule has 0 aliphatic rings. The number of nitrogens with two attached hydrogens (primary N) is 1. The summed E-state index contributed by atoms with van der Waals surface area (Å²) in [6, 6.07) is 1.88. The molecule has 6 nitrogen and oxygen atoms in total. The Bertz CT molecular complexity index is 207. The third-order valence-corrected chi connectivity index (χ3v) is 0.882. The number of hydrogen-bond acceptors (Lipinski definition) is 4. The Morgan fingerprint density at radius 3 is 2.38 bits per heavy atom. The minimum Gasteiger partial charge on any atom is -0.483 e. The van der Waals surface area contributed by atoms with Gasteiger partial charge >= 0.3 is 6.09 Å². The lowest BCUT2D eigenvalue weighted by atomic mass is 10.1. The predicted octanol–water partition coefficient (Wildman–Crippen LogP) is 0.475. The molecule has 0 heterocycles. The number of amides is 1. The number of carbonyl (C=O) groups excluding carboxylic acids is 1. The van der Waals surface area contributed by atoms with Crippen molar-refractivity contribution in [1.29, 1.82) is 5.26 Å². The van der Waals surface area contributed by atoms with Crippen molar-refractivity contribution in [3.8, 4) is 6.07 Å². The molecule has 0 bridgehead atoms. The zero-order valence-corrected chi connectivity index (χ0v) is 7.48. The Morgan fingerprint density at radius 1 is 1.77 bits per heavy atom. The van der Waals surface area contributed by atoms with Gasteiger partial charge in [0.25, 0.3) is 6.47 Å². The van der Waals surface area contributed by atoms with Crippen LogP contribution in [0.5, 0.6) is 0 Å². The summed E-state index contributed by atoms with van der Waals surface area (Å²) in [5.41, 5.74) is 3.97. The van der Waals surface area contributed by atoms with Crippen molar-refractivity contribution in [3.63, 3.8) is 0 Å². The average Bonchev–Trinajstić information content (AvgIpc) is 1.84. The first-order valence-electron chi connectivity index (χ1n) is 3.33. The maximum atomic E-state index is 10.2. The Balaban J connectivity index is 0. The Morgan fingerprint density at radius 2 is 2.15 bits per heavy atom. The fraction of sp³-hybridized carbons (Fsp3) is 0.571. The van der Waals surface area contributed by atoms with Crippen molar-refractivity contribution in [1.82, 2.24) is 0 Å². The van der Waals surface area contributed by atoms with Crippen LogP contribution in [0.3, 0.4) is 0 Å². The summed E-state index contributed by atoms with van der Waals surface area (Å²) in [6.07, 6.45) is -0.698. The molecule has 74 valence electrons. The van der Waals surface area contributed by atoms with Gasteiger partial charge in [-0.15, -0.1) is 0 Å². The summed E-state index contributed by atoms with van der Waals surface area (Å²) in [5.74, 6) is 0. The van der Waals surface area contributed by atoms with Crippen LogP contribution in [0.25, 0.3) is 0 Å². The van der Waals surface area contributed by atoms with Gasteiger partial charge in [0.1, 0.15) is 5.60 Å². The summed E-state index contributed by atoms with van der Waals surface area (Å²) < 4.78 is 4.59. The maximum absolute atomic E-state index is 10.2. The number of rotatable bonds is 2. The van der Waals surface area contributed by atoms with E-state index in [4.69, 9.17) is 20.9 Å². The Labute approximate surface area is 75.9 Å². The third kappa shape index (κ3) is 13.3. The van der Waals surface area contributed by atoms with Crippen LogP contribution in [0.1, 0.15) is 20.3 Å². The molecule has 1 amide bonds. The van der Waals surface area contributed by atoms with Crippen LogP contribution in [0.15, 0.2) is 0 Å². The Kier molecular flexibility index (Phi) is 7.33. The number of hydrogen-bond donors (Lipinski definition) is 2. The number of carbonyl (C=O) groups is 2. The highest BCUT2D eigenvalue weighted by Gasteiger charge is 2.20. The van der Waals surface area contributed by atoms with Crippen molar-refractivity contribution in [2.75, 3.05) is 0 Å². The van der Waals surface area contributed by atoms with E-state index in [0.717, 1.165) is 0 Å². The molecule has 0 fully saturated rings. The van der Waals surface area contributed by atoms with Crippen molar-refractivity contribution in [3.05, 3.63) is 0 Å². The first-order chi connectivity index (χ1) is 5.89. The molecule has 0 atom stereocenters. The second-order valence-electron chi connectivity index (χ2n) is 2.62. The molecule has 0 unspecified atom stereocenters. The largest absolute Gasteiger partial charge is 0.483 e. The van der Waals surface area contributed by atoms with E-state index >= 15 is 0 Å². The SMILES string of the molecule is CC(C)(CC#N)OC(N)=O.O=CO. The lowest BCUT2D eigenvalue weighted by Gasteiger charge is -2.19. The highest BCUT2D eigenvalue weighted by molar-refractivity contribution is 5.65. The zero-order chi connectivity index (χ0) is 10.9. The minimum absolute atomic E-state index is 0.149. The lowest BCUT2D eigenvalue weighted by molar-refractivity contribution is -0.122. The van der Waals surface area contributed by atoms with Gasteiger partial charge in [-0.25, -0.2) is 4.79 Å². The highest BCUT2D eigenvalue weighted by atomic mass is 16.6. The maximum Gasteiger partial charge on any atom is 0.405 e. The standard InChI is InChI=1S/C6H10N2O2.CH2O2/c1-6(2,3-4-7)10-5(8)9;2-1-3/h3H2,1-2H3,(H2,8,9);1H,(H,2,3). The third-order valence-electron chi connectivity index (χ3n) is 0.882. The summed E-state index contributed by atoms with van der Waals surface area (Å²) in [7, 11) is 0. The molecule has 0 saturated carbocycles. The molecular weight excluding hydrogens is 176 g/mol. The molecule has 13 heavy (non-hydrogen) atoms. The van der Waals surface area contributed by atoms with Gasteiger partial charge in [0.05, 0.1) is 12.5 Å². The Hall–Kier alpha value is -1.77.